The molecule has 0 saturated heterocycles. The predicted octanol–water partition coefficient (Wildman–Crippen LogP) is 0.504. The van der Waals surface area contributed by atoms with E-state index in [1.807, 2.05) is 0 Å². The second-order valence-electron chi connectivity index (χ2n) is 3.19. The van der Waals surface area contributed by atoms with E-state index in [2.05, 4.69) is 15.6 Å². The molecule has 2 N–H and O–H groups in total. The van der Waals surface area contributed by atoms with Gasteiger partial charge >= 0.3 is 6.55 Å². The van der Waals surface area contributed by atoms with Crippen molar-refractivity contribution in [1.82, 2.24) is 20.2 Å². The van der Waals surface area contributed by atoms with Crippen LogP contribution in [0.25, 0.3) is 0 Å². The van der Waals surface area contributed by atoms with Gasteiger partial charge < -0.3 is 10.6 Å². The number of nitrogens with one attached hydrogen (secondary N) is 2. The zero-order valence-corrected chi connectivity index (χ0v) is 8.91. The molecule has 1 heterocycles. The quantitative estimate of drug-likeness (QED) is 0.702. The minimum Gasteiger partial charge on any atom is -0.355 e. The standard InChI is InChI=1S/C9H14F2N4O/c1-7(16)13-3-2-12-6-8-14-4-5-15(8)9(10)11/h4-5,9,12H,2-3,6H2,1H3,(H,13,16). The van der Waals surface area contributed by atoms with E-state index >= 15 is 0 Å². The Bertz CT molecular complexity index is 340. The van der Waals surface area contributed by atoms with E-state index in [9.17, 15) is 13.6 Å². The highest BCUT2D eigenvalue weighted by Gasteiger charge is 2.10. The van der Waals surface area contributed by atoms with Crippen LogP contribution in [0.5, 0.6) is 0 Å². The van der Waals surface area contributed by atoms with Gasteiger partial charge in [0.1, 0.15) is 5.82 Å². The molecule has 0 radical (unpaired) electrons. The van der Waals surface area contributed by atoms with Crippen LogP contribution in [0.3, 0.4) is 0 Å². The van der Waals surface area contributed by atoms with Crippen molar-refractivity contribution >= 4 is 5.91 Å². The number of hydrogen-bond acceptors (Lipinski definition) is 3. The summed E-state index contributed by atoms with van der Waals surface area (Å²) in [4.78, 5) is 14.3. The van der Waals surface area contributed by atoms with Gasteiger partial charge in [0.25, 0.3) is 0 Å². The van der Waals surface area contributed by atoms with Gasteiger partial charge in [-0.05, 0) is 0 Å². The van der Waals surface area contributed by atoms with Crippen LogP contribution in [-0.4, -0.2) is 28.5 Å². The van der Waals surface area contributed by atoms with Crippen LogP contribution in [0.15, 0.2) is 12.4 Å². The van der Waals surface area contributed by atoms with Crippen molar-refractivity contribution in [3.63, 3.8) is 0 Å². The lowest BCUT2D eigenvalue weighted by atomic mass is 10.5. The van der Waals surface area contributed by atoms with Gasteiger partial charge in [0.15, 0.2) is 0 Å². The molecular weight excluding hydrogens is 218 g/mol. The van der Waals surface area contributed by atoms with Gasteiger partial charge in [0.2, 0.25) is 5.91 Å². The summed E-state index contributed by atoms with van der Waals surface area (Å²) in [6, 6.07) is 0. The Morgan fingerprint density at radius 1 is 1.56 bits per heavy atom. The Kier molecular flexibility index (Phi) is 4.84. The van der Waals surface area contributed by atoms with Crippen LogP contribution >= 0.6 is 0 Å². The van der Waals surface area contributed by atoms with Crippen molar-refractivity contribution in [3.05, 3.63) is 18.2 Å². The summed E-state index contributed by atoms with van der Waals surface area (Å²) in [6.07, 6.45) is 2.56. The van der Waals surface area contributed by atoms with Crippen LogP contribution in [0.1, 0.15) is 19.3 Å². The van der Waals surface area contributed by atoms with Gasteiger partial charge in [0, 0.05) is 32.4 Å². The molecule has 0 aliphatic rings. The number of rotatable bonds is 6. The van der Waals surface area contributed by atoms with E-state index in [1.165, 1.54) is 19.3 Å². The maximum absolute atomic E-state index is 12.4. The van der Waals surface area contributed by atoms with E-state index in [1.54, 1.807) is 0 Å². The molecule has 0 bridgehead atoms. The second-order valence-corrected chi connectivity index (χ2v) is 3.19. The third-order valence-electron chi connectivity index (χ3n) is 1.92. The number of imidazole rings is 1. The summed E-state index contributed by atoms with van der Waals surface area (Å²) in [5.41, 5.74) is 0. The molecule has 5 nitrogen and oxygen atoms in total. The maximum atomic E-state index is 12.4. The lowest BCUT2D eigenvalue weighted by molar-refractivity contribution is -0.118. The Morgan fingerprint density at radius 2 is 2.31 bits per heavy atom. The van der Waals surface area contributed by atoms with Crippen molar-refractivity contribution in [2.45, 2.75) is 20.0 Å². The van der Waals surface area contributed by atoms with Crippen molar-refractivity contribution in [2.24, 2.45) is 0 Å². The van der Waals surface area contributed by atoms with Crippen LogP contribution in [0, 0.1) is 0 Å². The topological polar surface area (TPSA) is 59.0 Å². The fourth-order valence-electron chi connectivity index (χ4n) is 1.19. The van der Waals surface area contributed by atoms with E-state index in [-0.39, 0.29) is 18.3 Å². The fraction of sp³-hybridized carbons (Fsp3) is 0.556. The van der Waals surface area contributed by atoms with Crippen LogP contribution in [-0.2, 0) is 11.3 Å². The predicted molar refractivity (Wildman–Crippen MR) is 53.9 cm³/mol. The largest absolute Gasteiger partial charge is 0.355 e. The molecule has 0 fully saturated rings. The highest BCUT2D eigenvalue weighted by molar-refractivity contribution is 5.72. The van der Waals surface area contributed by atoms with Crippen LogP contribution in [0.4, 0.5) is 8.78 Å². The Morgan fingerprint density at radius 3 is 2.94 bits per heavy atom. The van der Waals surface area contributed by atoms with Crippen LogP contribution in [0.2, 0.25) is 0 Å². The molecule has 0 unspecified atom stereocenters. The molecule has 0 aliphatic heterocycles. The zero-order chi connectivity index (χ0) is 12.0. The molecule has 0 aliphatic carbocycles. The summed E-state index contributed by atoms with van der Waals surface area (Å²) in [6.45, 7) is 0.0653. The Balaban J connectivity index is 2.26. The second kappa shape index (κ2) is 6.16. The van der Waals surface area contributed by atoms with E-state index in [0.717, 1.165) is 4.57 Å². The van der Waals surface area contributed by atoms with Gasteiger partial charge in [0.05, 0.1) is 6.54 Å². The molecule has 1 aromatic rings. The number of amides is 1. The maximum Gasteiger partial charge on any atom is 0.319 e. The van der Waals surface area contributed by atoms with Crippen molar-refractivity contribution in [2.75, 3.05) is 13.1 Å². The highest BCUT2D eigenvalue weighted by Crippen LogP contribution is 2.11. The van der Waals surface area contributed by atoms with Crippen LogP contribution < -0.4 is 10.6 Å². The molecule has 1 rings (SSSR count). The van der Waals surface area contributed by atoms with Gasteiger partial charge in [-0.1, -0.05) is 0 Å². The third-order valence-corrected chi connectivity index (χ3v) is 1.92. The first-order valence-electron chi connectivity index (χ1n) is 4.86. The lowest BCUT2D eigenvalue weighted by Gasteiger charge is -2.07. The number of nitrogens with zero attached hydrogens (tertiary/aromatic N) is 2. The molecule has 0 saturated carbocycles. The highest BCUT2D eigenvalue weighted by atomic mass is 19.3. The zero-order valence-electron chi connectivity index (χ0n) is 8.91. The molecule has 0 spiro atoms. The first-order valence-corrected chi connectivity index (χ1v) is 4.86. The SMILES string of the molecule is CC(=O)NCCNCc1nccn1C(F)F. The molecule has 7 heteroatoms. The normalized spacial score (nSPS) is 10.8. The minimum absolute atomic E-state index is 0.115. The van der Waals surface area contributed by atoms with Gasteiger partial charge in [-0.2, -0.15) is 8.78 Å². The Labute approximate surface area is 91.9 Å². The number of carbonyl (C=O) groups is 1. The third kappa shape index (κ3) is 3.93. The number of halogens is 2. The van der Waals surface area contributed by atoms with E-state index in [4.69, 9.17) is 0 Å². The average molecular weight is 232 g/mol. The summed E-state index contributed by atoms with van der Waals surface area (Å²) in [5.74, 6) is 0.161. The lowest BCUT2D eigenvalue weighted by Crippen LogP contribution is -2.30. The van der Waals surface area contributed by atoms with Crippen molar-refractivity contribution in [1.29, 1.82) is 0 Å². The first-order chi connectivity index (χ1) is 7.61. The van der Waals surface area contributed by atoms with E-state index in [0.29, 0.717) is 13.1 Å². The average Bonchev–Trinajstić information content (AvgIpc) is 2.65. The summed E-state index contributed by atoms with van der Waals surface area (Å²) in [7, 11) is 0. The van der Waals surface area contributed by atoms with Gasteiger partial charge in [-0.25, -0.2) is 4.98 Å². The molecule has 90 valence electrons. The molecule has 0 aromatic carbocycles. The molecule has 1 amide bonds. The fourth-order valence-corrected chi connectivity index (χ4v) is 1.19. The summed E-state index contributed by atoms with van der Waals surface area (Å²) >= 11 is 0. The van der Waals surface area contributed by atoms with Gasteiger partial charge in [-0.15, -0.1) is 0 Å². The molecule has 0 atom stereocenters. The minimum atomic E-state index is -2.57. The summed E-state index contributed by atoms with van der Waals surface area (Å²) in [5, 5.41) is 5.49. The molecular formula is C9H14F2N4O. The number of hydrogen-bond donors (Lipinski definition) is 2. The molecule has 16 heavy (non-hydrogen) atoms. The smallest absolute Gasteiger partial charge is 0.319 e. The summed E-state index contributed by atoms with van der Waals surface area (Å²) < 4.78 is 25.6. The van der Waals surface area contributed by atoms with Gasteiger partial charge in [-0.3, -0.25) is 9.36 Å². The number of aromatic nitrogens is 2. The number of carbonyl (C=O) groups excluding carboxylic acids is 1. The van der Waals surface area contributed by atoms with E-state index < -0.39 is 6.55 Å². The first kappa shape index (κ1) is 12.6. The molecule has 1 aromatic heterocycles. The monoisotopic (exact) mass is 232 g/mol. The number of alkyl halides is 2. The van der Waals surface area contributed by atoms with Crippen molar-refractivity contribution < 1.29 is 13.6 Å². The Hall–Kier alpha value is -1.50. The van der Waals surface area contributed by atoms with Crippen molar-refractivity contribution in [3.8, 4) is 0 Å².